The summed E-state index contributed by atoms with van der Waals surface area (Å²) in [5.41, 5.74) is 4.76. The van der Waals surface area contributed by atoms with Crippen LogP contribution in [0.1, 0.15) is 43.3 Å². The minimum atomic E-state index is -0.279. The van der Waals surface area contributed by atoms with E-state index < -0.39 is 0 Å². The Bertz CT molecular complexity index is 900. The summed E-state index contributed by atoms with van der Waals surface area (Å²) in [7, 11) is 0. The molecule has 0 fully saturated rings. The monoisotopic (exact) mass is 351 g/mol. The second-order valence-corrected chi connectivity index (χ2v) is 7.76. The zero-order chi connectivity index (χ0) is 19.1. The Labute approximate surface area is 154 Å². The Kier molecular flexibility index (Phi) is 4.59. The molecule has 0 saturated carbocycles. The maximum absolute atomic E-state index is 13.0. The number of anilines is 1. The van der Waals surface area contributed by atoms with Gasteiger partial charge in [0.1, 0.15) is 0 Å². The average molecular weight is 351 g/mol. The van der Waals surface area contributed by atoms with Crippen molar-refractivity contribution in [2.24, 2.45) is 0 Å². The van der Waals surface area contributed by atoms with Crippen LogP contribution < -0.4 is 10.2 Å². The summed E-state index contributed by atoms with van der Waals surface area (Å²) in [4.78, 5) is 30.3. The van der Waals surface area contributed by atoms with E-state index in [-0.39, 0.29) is 23.9 Å². The Morgan fingerprint density at radius 2 is 1.92 bits per heavy atom. The summed E-state index contributed by atoms with van der Waals surface area (Å²) < 4.78 is 0. The van der Waals surface area contributed by atoms with Crippen LogP contribution in [0.3, 0.4) is 0 Å². The molecule has 2 N–H and O–H groups in total. The van der Waals surface area contributed by atoms with Crippen LogP contribution in [0.5, 0.6) is 0 Å². The van der Waals surface area contributed by atoms with E-state index in [9.17, 15) is 9.59 Å². The first-order valence-electron chi connectivity index (χ1n) is 8.77. The van der Waals surface area contributed by atoms with Crippen molar-refractivity contribution in [2.75, 3.05) is 11.4 Å². The van der Waals surface area contributed by atoms with Gasteiger partial charge in [0.2, 0.25) is 5.91 Å². The van der Waals surface area contributed by atoms with Crippen molar-refractivity contribution in [1.82, 2.24) is 10.3 Å². The minimum absolute atomic E-state index is 0.109. The number of fused-ring (bicyclic) bond motifs is 1. The highest BCUT2D eigenvalue weighted by molar-refractivity contribution is 6.42. The summed E-state index contributed by atoms with van der Waals surface area (Å²) in [6.45, 7) is 10.0. The lowest BCUT2D eigenvalue weighted by molar-refractivity contribution is -0.123. The van der Waals surface area contributed by atoms with Crippen LogP contribution >= 0.6 is 0 Å². The maximum Gasteiger partial charge on any atom is 0.265 e. The van der Waals surface area contributed by atoms with Gasteiger partial charge in [0, 0.05) is 22.5 Å². The number of para-hydroxylation sites is 1. The number of H-pyrrole nitrogens is 1. The van der Waals surface area contributed by atoms with Crippen LogP contribution in [-0.2, 0) is 9.59 Å². The van der Waals surface area contributed by atoms with E-state index in [0.29, 0.717) is 11.3 Å². The highest BCUT2D eigenvalue weighted by atomic mass is 16.2. The summed E-state index contributed by atoms with van der Waals surface area (Å²) >= 11 is 0. The van der Waals surface area contributed by atoms with Crippen molar-refractivity contribution in [1.29, 1.82) is 0 Å². The maximum atomic E-state index is 13.0. The predicted molar refractivity (Wildman–Crippen MR) is 105 cm³/mol. The first-order valence-corrected chi connectivity index (χ1v) is 8.77. The SMILES string of the molecule is Cc1cc(C)c(/C=C2\C(=O)N(C(=O)CNC(C)(C)C)c3ccccc32)[nH]1. The summed E-state index contributed by atoms with van der Waals surface area (Å²) in [6.07, 6.45) is 1.84. The van der Waals surface area contributed by atoms with Crippen molar-refractivity contribution in [2.45, 2.75) is 40.2 Å². The molecule has 1 aliphatic heterocycles. The van der Waals surface area contributed by atoms with Gasteiger partial charge in [-0.3, -0.25) is 9.59 Å². The Morgan fingerprint density at radius 1 is 1.23 bits per heavy atom. The summed E-state index contributed by atoms with van der Waals surface area (Å²) in [5.74, 6) is -0.529. The van der Waals surface area contributed by atoms with E-state index in [1.165, 1.54) is 4.90 Å². The number of hydrogen-bond donors (Lipinski definition) is 2. The number of rotatable bonds is 3. The van der Waals surface area contributed by atoms with E-state index in [1.54, 1.807) is 0 Å². The number of hydrogen-bond acceptors (Lipinski definition) is 3. The fourth-order valence-corrected chi connectivity index (χ4v) is 3.09. The number of nitrogens with one attached hydrogen (secondary N) is 2. The number of aromatic nitrogens is 1. The molecule has 3 rings (SSSR count). The van der Waals surface area contributed by atoms with Gasteiger partial charge in [-0.1, -0.05) is 18.2 Å². The van der Waals surface area contributed by atoms with Gasteiger partial charge in [0.25, 0.3) is 5.91 Å². The molecule has 2 aromatic rings. The molecule has 5 heteroatoms. The van der Waals surface area contributed by atoms with Crippen molar-refractivity contribution < 1.29 is 9.59 Å². The molecule has 0 unspecified atom stereocenters. The van der Waals surface area contributed by atoms with Gasteiger partial charge in [0.05, 0.1) is 17.8 Å². The molecule has 0 aliphatic carbocycles. The topological polar surface area (TPSA) is 65.2 Å². The van der Waals surface area contributed by atoms with Gasteiger partial charge in [-0.05, 0) is 58.4 Å². The van der Waals surface area contributed by atoms with E-state index in [2.05, 4.69) is 10.3 Å². The third-order valence-corrected chi connectivity index (χ3v) is 4.37. The van der Waals surface area contributed by atoms with Gasteiger partial charge < -0.3 is 10.3 Å². The Hall–Kier alpha value is -2.66. The molecule has 0 atom stereocenters. The third-order valence-electron chi connectivity index (χ3n) is 4.37. The summed E-state index contributed by atoms with van der Waals surface area (Å²) in [6, 6.07) is 9.46. The second kappa shape index (κ2) is 6.57. The molecule has 0 bridgehead atoms. The average Bonchev–Trinajstić information content (AvgIpc) is 3.02. The lowest BCUT2D eigenvalue weighted by Crippen LogP contribution is -2.45. The van der Waals surface area contributed by atoms with Gasteiger partial charge in [-0.2, -0.15) is 0 Å². The van der Waals surface area contributed by atoms with E-state index >= 15 is 0 Å². The first-order chi connectivity index (χ1) is 12.2. The van der Waals surface area contributed by atoms with E-state index in [4.69, 9.17) is 0 Å². The lowest BCUT2D eigenvalue weighted by Gasteiger charge is -2.22. The van der Waals surface area contributed by atoms with Crippen LogP contribution in [0, 0.1) is 13.8 Å². The number of aromatic amines is 1. The zero-order valence-electron chi connectivity index (χ0n) is 15.9. The number of aryl methyl sites for hydroxylation is 2. The highest BCUT2D eigenvalue weighted by Crippen LogP contribution is 2.37. The van der Waals surface area contributed by atoms with E-state index in [0.717, 1.165) is 22.5 Å². The molecule has 1 aliphatic rings. The quantitative estimate of drug-likeness (QED) is 0.833. The third kappa shape index (κ3) is 3.48. The number of imide groups is 1. The standard InChI is InChI=1S/C21H25N3O2/c1-13-10-14(2)23-17(13)11-16-15-8-6-7-9-18(15)24(20(16)26)19(25)12-22-21(3,4)5/h6-11,22-23H,12H2,1-5H3/b16-11-. The van der Waals surface area contributed by atoms with Gasteiger partial charge in [-0.25, -0.2) is 4.90 Å². The molecule has 2 amide bonds. The van der Waals surface area contributed by atoms with E-state index in [1.807, 2.05) is 71.0 Å². The number of amides is 2. The Balaban J connectivity index is 1.98. The van der Waals surface area contributed by atoms with Gasteiger partial charge in [0.15, 0.2) is 0 Å². The minimum Gasteiger partial charge on any atom is -0.359 e. The molecule has 136 valence electrons. The smallest absolute Gasteiger partial charge is 0.265 e. The molecule has 2 heterocycles. The number of nitrogens with zero attached hydrogens (tertiary/aromatic N) is 1. The van der Waals surface area contributed by atoms with Crippen molar-refractivity contribution in [3.05, 3.63) is 52.8 Å². The van der Waals surface area contributed by atoms with Gasteiger partial charge in [-0.15, -0.1) is 0 Å². The zero-order valence-corrected chi connectivity index (χ0v) is 15.9. The lowest BCUT2D eigenvalue weighted by atomic mass is 10.1. The number of carbonyl (C=O) groups is 2. The van der Waals surface area contributed by atoms with Crippen LogP contribution in [0.25, 0.3) is 11.6 Å². The molecular weight excluding hydrogens is 326 g/mol. The molecule has 1 aromatic heterocycles. The van der Waals surface area contributed by atoms with Crippen LogP contribution in [0.15, 0.2) is 30.3 Å². The normalized spacial score (nSPS) is 15.7. The number of benzene rings is 1. The van der Waals surface area contributed by atoms with Crippen LogP contribution in [0.2, 0.25) is 0 Å². The summed E-state index contributed by atoms with van der Waals surface area (Å²) in [5, 5.41) is 3.16. The van der Waals surface area contributed by atoms with Crippen molar-refractivity contribution >= 4 is 29.2 Å². The fraction of sp³-hybridized carbons (Fsp3) is 0.333. The largest absolute Gasteiger partial charge is 0.359 e. The van der Waals surface area contributed by atoms with Crippen LogP contribution in [-0.4, -0.2) is 28.9 Å². The first kappa shape index (κ1) is 18.1. The molecular formula is C21H25N3O2. The predicted octanol–water partition coefficient (Wildman–Crippen LogP) is 3.43. The molecule has 0 saturated heterocycles. The highest BCUT2D eigenvalue weighted by Gasteiger charge is 2.36. The Morgan fingerprint density at radius 3 is 2.54 bits per heavy atom. The van der Waals surface area contributed by atoms with Gasteiger partial charge >= 0.3 is 0 Å². The molecule has 0 spiro atoms. The molecule has 0 radical (unpaired) electrons. The van der Waals surface area contributed by atoms with Crippen LogP contribution in [0.4, 0.5) is 5.69 Å². The number of carbonyl (C=O) groups excluding carboxylic acids is 2. The molecule has 1 aromatic carbocycles. The van der Waals surface area contributed by atoms with Crippen molar-refractivity contribution in [3.8, 4) is 0 Å². The van der Waals surface area contributed by atoms with Crippen molar-refractivity contribution in [3.63, 3.8) is 0 Å². The molecule has 26 heavy (non-hydrogen) atoms. The molecule has 5 nitrogen and oxygen atoms in total. The fourth-order valence-electron chi connectivity index (χ4n) is 3.09. The second-order valence-electron chi connectivity index (χ2n) is 7.76.